The minimum atomic E-state index is 0. The first-order chi connectivity index (χ1) is 14.0. The molecule has 1 N–H and O–H groups in total. The second kappa shape index (κ2) is 10.8. The number of hydrogen-bond acceptors (Lipinski definition) is 4. The number of halogens is 1. The summed E-state index contributed by atoms with van der Waals surface area (Å²) >= 11 is 0. The Morgan fingerprint density at radius 2 is 1.97 bits per heavy atom. The lowest BCUT2D eigenvalue weighted by atomic mass is 10.1. The minimum Gasteiger partial charge on any atom is -0.356 e. The lowest BCUT2D eigenvalue weighted by Crippen LogP contribution is -2.55. The standard InChI is InChI=1S/C20H32N8O.HI/c1-6-17-16(18(7-2)26(5)24-17)12-22-20(21-8-3)27-9-10-28(19(29)14-27)15-11-23-25(4)13-15;/h11,13H,6-10,12,14H2,1-5H3,(H,21,22);1H. The molecule has 0 saturated carbocycles. The molecule has 1 aliphatic rings. The lowest BCUT2D eigenvalue weighted by molar-refractivity contribution is -0.120. The van der Waals surface area contributed by atoms with Gasteiger partial charge in [-0.25, -0.2) is 4.99 Å². The van der Waals surface area contributed by atoms with Crippen LogP contribution in [-0.2, 0) is 38.3 Å². The number of nitrogens with zero attached hydrogens (tertiary/aromatic N) is 7. The van der Waals surface area contributed by atoms with Crippen molar-refractivity contribution in [1.82, 2.24) is 29.8 Å². The van der Waals surface area contributed by atoms with Gasteiger partial charge in [0.1, 0.15) is 6.54 Å². The van der Waals surface area contributed by atoms with Gasteiger partial charge in [0.05, 0.1) is 24.1 Å². The number of carbonyl (C=O) groups excluding carboxylic acids is 1. The van der Waals surface area contributed by atoms with Crippen LogP contribution in [-0.4, -0.2) is 62.5 Å². The van der Waals surface area contributed by atoms with Crippen LogP contribution in [0.2, 0.25) is 0 Å². The molecule has 1 saturated heterocycles. The predicted octanol–water partition coefficient (Wildman–Crippen LogP) is 1.71. The maximum atomic E-state index is 12.8. The van der Waals surface area contributed by atoms with E-state index in [1.54, 1.807) is 15.8 Å². The van der Waals surface area contributed by atoms with Crippen LogP contribution >= 0.6 is 24.0 Å². The maximum absolute atomic E-state index is 12.8. The molecule has 30 heavy (non-hydrogen) atoms. The molecule has 3 rings (SSSR count). The van der Waals surface area contributed by atoms with Gasteiger partial charge < -0.3 is 15.1 Å². The zero-order valence-electron chi connectivity index (χ0n) is 18.6. The van der Waals surface area contributed by atoms with E-state index >= 15 is 0 Å². The van der Waals surface area contributed by atoms with E-state index in [4.69, 9.17) is 4.99 Å². The second-order valence-electron chi connectivity index (χ2n) is 7.21. The maximum Gasteiger partial charge on any atom is 0.246 e. The van der Waals surface area contributed by atoms with Gasteiger partial charge in [-0.3, -0.25) is 14.2 Å². The first kappa shape index (κ1) is 24.2. The monoisotopic (exact) mass is 528 g/mol. The highest BCUT2D eigenvalue weighted by molar-refractivity contribution is 14.0. The molecule has 2 aromatic heterocycles. The number of piperazine rings is 1. The molecule has 0 unspecified atom stereocenters. The van der Waals surface area contributed by atoms with E-state index in [0.717, 1.165) is 43.3 Å². The van der Waals surface area contributed by atoms with Gasteiger partial charge >= 0.3 is 0 Å². The van der Waals surface area contributed by atoms with Crippen molar-refractivity contribution in [3.8, 4) is 0 Å². The topological polar surface area (TPSA) is 83.6 Å². The molecule has 1 amide bonds. The van der Waals surface area contributed by atoms with Crippen LogP contribution in [0.1, 0.15) is 37.7 Å². The molecule has 1 fully saturated rings. The highest BCUT2D eigenvalue weighted by Crippen LogP contribution is 2.18. The van der Waals surface area contributed by atoms with Gasteiger partial charge in [0.2, 0.25) is 5.91 Å². The number of hydrogen-bond donors (Lipinski definition) is 1. The number of aliphatic imine (C=N–C) groups is 1. The SMILES string of the molecule is CCNC(=NCc1c(CC)nn(C)c1CC)N1CCN(c2cnn(C)c2)C(=O)C1.I. The van der Waals surface area contributed by atoms with Crippen LogP contribution < -0.4 is 10.2 Å². The summed E-state index contributed by atoms with van der Waals surface area (Å²) in [7, 11) is 3.85. The molecule has 3 heterocycles. The van der Waals surface area contributed by atoms with E-state index in [-0.39, 0.29) is 29.9 Å². The molecule has 166 valence electrons. The van der Waals surface area contributed by atoms with Crippen molar-refractivity contribution < 1.29 is 4.79 Å². The van der Waals surface area contributed by atoms with Gasteiger partial charge in [-0.05, 0) is 19.8 Å². The number of carbonyl (C=O) groups is 1. The fourth-order valence-electron chi connectivity index (χ4n) is 3.83. The van der Waals surface area contributed by atoms with E-state index in [1.807, 2.05) is 36.8 Å². The van der Waals surface area contributed by atoms with E-state index in [2.05, 4.69) is 29.4 Å². The summed E-state index contributed by atoms with van der Waals surface area (Å²) in [6.45, 7) is 9.27. The zero-order chi connectivity index (χ0) is 21.0. The van der Waals surface area contributed by atoms with Crippen molar-refractivity contribution >= 4 is 41.5 Å². The number of nitrogens with one attached hydrogen (secondary N) is 1. The Morgan fingerprint density at radius 1 is 1.20 bits per heavy atom. The smallest absolute Gasteiger partial charge is 0.246 e. The van der Waals surface area contributed by atoms with E-state index in [0.29, 0.717) is 19.6 Å². The average molecular weight is 528 g/mol. The van der Waals surface area contributed by atoms with Gasteiger partial charge in [-0.1, -0.05) is 13.8 Å². The number of guanidine groups is 1. The summed E-state index contributed by atoms with van der Waals surface area (Å²) in [6, 6.07) is 0. The molecule has 9 nitrogen and oxygen atoms in total. The Bertz CT molecular complexity index is 887. The van der Waals surface area contributed by atoms with Crippen LogP contribution in [0.5, 0.6) is 0 Å². The van der Waals surface area contributed by atoms with Crippen molar-refractivity contribution in [1.29, 1.82) is 0 Å². The van der Waals surface area contributed by atoms with Crippen molar-refractivity contribution in [2.24, 2.45) is 19.1 Å². The largest absolute Gasteiger partial charge is 0.356 e. The molecule has 0 bridgehead atoms. The van der Waals surface area contributed by atoms with Crippen LogP contribution in [0.25, 0.3) is 0 Å². The summed E-state index contributed by atoms with van der Waals surface area (Å²) in [5.41, 5.74) is 4.36. The summed E-state index contributed by atoms with van der Waals surface area (Å²) < 4.78 is 3.68. The summed E-state index contributed by atoms with van der Waals surface area (Å²) in [5, 5.41) is 12.2. The number of aryl methyl sites for hydroxylation is 3. The average Bonchev–Trinajstić information content (AvgIpc) is 3.27. The normalized spacial score (nSPS) is 14.8. The Kier molecular flexibility index (Phi) is 8.68. The number of aromatic nitrogens is 4. The van der Waals surface area contributed by atoms with Crippen molar-refractivity contribution in [2.45, 2.75) is 40.2 Å². The van der Waals surface area contributed by atoms with Gasteiger partial charge in [-0.2, -0.15) is 10.2 Å². The van der Waals surface area contributed by atoms with Crippen LogP contribution in [0, 0.1) is 0 Å². The number of amides is 1. The fraction of sp³-hybridized carbons (Fsp3) is 0.600. The number of rotatable bonds is 6. The number of anilines is 1. The molecule has 0 atom stereocenters. The highest BCUT2D eigenvalue weighted by Gasteiger charge is 2.27. The van der Waals surface area contributed by atoms with E-state index in [1.165, 1.54) is 11.3 Å². The van der Waals surface area contributed by atoms with Crippen molar-refractivity contribution in [3.05, 3.63) is 29.3 Å². The summed E-state index contributed by atoms with van der Waals surface area (Å²) in [4.78, 5) is 21.4. The zero-order valence-corrected chi connectivity index (χ0v) is 20.9. The van der Waals surface area contributed by atoms with Gasteiger partial charge in [0, 0.05) is 51.2 Å². The van der Waals surface area contributed by atoms with Gasteiger partial charge in [0.25, 0.3) is 0 Å². The lowest BCUT2D eigenvalue weighted by Gasteiger charge is -2.35. The molecule has 0 aromatic carbocycles. The first-order valence-electron chi connectivity index (χ1n) is 10.3. The summed E-state index contributed by atoms with van der Waals surface area (Å²) in [5.74, 6) is 0.833. The molecular weight excluding hydrogens is 495 g/mol. The molecule has 1 aliphatic heterocycles. The molecule has 10 heteroatoms. The van der Waals surface area contributed by atoms with Crippen LogP contribution in [0.4, 0.5) is 5.69 Å². The Balaban J connectivity index is 0.00000320. The minimum absolute atomic E-state index is 0. The Morgan fingerprint density at radius 3 is 2.53 bits per heavy atom. The molecular formula is C20H33IN8O. The van der Waals surface area contributed by atoms with Crippen LogP contribution in [0.15, 0.2) is 17.4 Å². The van der Waals surface area contributed by atoms with Crippen molar-refractivity contribution in [2.75, 3.05) is 31.1 Å². The van der Waals surface area contributed by atoms with Crippen LogP contribution in [0.3, 0.4) is 0 Å². The Hall–Kier alpha value is -2.11. The third-order valence-corrected chi connectivity index (χ3v) is 5.27. The van der Waals surface area contributed by atoms with Gasteiger partial charge in [-0.15, -0.1) is 24.0 Å². The third-order valence-electron chi connectivity index (χ3n) is 5.27. The molecule has 0 radical (unpaired) electrons. The first-order valence-corrected chi connectivity index (χ1v) is 10.3. The molecule has 0 aliphatic carbocycles. The highest BCUT2D eigenvalue weighted by atomic mass is 127. The van der Waals surface area contributed by atoms with Gasteiger partial charge in [0.15, 0.2) is 5.96 Å². The van der Waals surface area contributed by atoms with E-state index < -0.39 is 0 Å². The van der Waals surface area contributed by atoms with E-state index in [9.17, 15) is 4.79 Å². The quantitative estimate of drug-likeness (QED) is 0.351. The molecule has 0 spiro atoms. The Labute approximate surface area is 195 Å². The molecule has 2 aromatic rings. The fourth-order valence-corrected chi connectivity index (χ4v) is 3.83. The predicted molar refractivity (Wildman–Crippen MR) is 129 cm³/mol. The summed E-state index contributed by atoms with van der Waals surface area (Å²) in [6.07, 6.45) is 5.41. The second-order valence-corrected chi connectivity index (χ2v) is 7.21. The van der Waals surface area contributed by atoms with Crippen molar-refractivity contribution in [3.63, 3.8) is 0 Å². The third kappa shape index (κ3) is 5.13.